The average Bonchev–Trinajstić information content (AvgIpc) is 3.40. The molecule has 4 rings (SSSR count). The van der Waals surface area contributed by atoms with Crippen molar-refractivity contribution in [2.45, 2.75) is 37.8 Å². The van der Waals surface area contributed by atoms with Crippen LogP contribution < -0.4 is 11.1 Å². The van der Waals surface area contributed by atoms with Crippen LogP contribution in [0.15, 0.2) is 42.0 Å². The van der Waals surface area contributed by atoms with Crippen molar-refractivity contribution in [1.29, 1.82) is 10.7 Å². The number of nitrogens with two attached hydrogens (primary N) is 1. The third kappa shape index (κ3) is 3.63. The quantitative estimate of drug-likeness (QED) is 0.384. The van der Waals surface area contributed by atoms with E-state index >= 15 is 0 Å². The molecule has 0 bridgehead atoms. The van der Waals surface area contributed by atoms with E-state index in [2.05, 4.69) is 16.5 Å². The van der Waals surface area contributed by atoms with Crippen molar-refractivity contribution < 1.29 is 4.59 Å². The summed E-state index contributed by atoms with van der Waals surface area (Å²) >= 11 is 0. The van der Waals surface area contributed by atoms with Crippen LogP contribution in [0.1, 0.15) is 37.1 Å². The maximum Gasteiger partial charge on any atom is 0.195 e. The Kier molecular flexibility index (Phi) is 5.44. The van der Waals surface area contributed by atoms with Gasteiger partial charge >= 0.3 is 0 Å². The molecule has 0 saturated heterocycles. The molecule has 154 valence electrons. The summed E-state index contributed by atoms with van der Waals surface area (Å²) in [5, 5.41) is 29.8. The lowest BCUT2D eigenvalue weighted by Gasteiger charge is -2.36. The third-order valence-electron chi connectivity index (χ3n) is 5.83. The number of fused-ring (bicyclic) bond motifs is 1. The number of quaternary nitrogens is 1. The van der Waals surface area contributed by atoms with Crippen LogP contribution in [0.3, 0.4) is 0 Å². The number of allylic oxidation sites excluding steroid dienone is 2. The van der Waals surface area contributed by atoms with Gasteiger partial charge in [-0.15, -0.1) is 0 Å². The molecule has 2 aromatic rings. The highest BCUT2D eigenvalue weighted by molar-refractivity contribution is 6.12. The minimum absolute atomic E-state index is 0.235. The predicted molar refractivity (Wildman–Crippen MR) is 115 cm³/mol. The largest absolute Gasteiger partial charge is 0.394 e. The van der Waals surface area contributed by atoms with Crippen molar-refractivity contribution in [3.8, 4) is 6.07 Å². The highest BCUT2D eigenvalue weighted by Gasteiger charge is 2.41. The van der Waals surface area contributed by atoms with Gasteiger partial charge in [-0.3, -0.25) is 5.41 Å². The first-order chi connectivity index (χ1) is 14.6. The summed E-state index contributed by atoms with van der Waals surface area (Å²) in [5.74, 6) is 0. The van der Waals surface area contributed by atoms with E-state index in [-0.39, 0.29) is 28.9 Å². The summed E-state index contributed by atoms with van der Waals surface area (Å²) < 4.78 is 1.99. The Morgan fingerprint density at radius 2 is 2.23 bits per heavy atom. The van der Waals surface area contributed by atoms with Gasteiger partial charge in [0.2, 0.25) is 0 Å². The molecule has 9 heteroatoms. The van der Waals surface area contributed by atoms with Crippen molar-refractivity contribution in [2.75, 3.05) is 13.6 Å². The van der Waals surface area contributed by atoms with E-state index < -0.39 is 0 Å². The summed E-state index contributed by atoms with van der Waals surface area (Å²) in [4.78, 5) is 4.75. The first-order valence-corrected chi connectivity index (χ1v) is 10.1. The third-order valence-corrected chi connectivity index (χ3v) is 5.83. The molecule has 0 spiro atoms. The van der Waals surface area contributed by atoms with Gasteiger partial charge in [0.1, 0.15) is 29.7 Å². The van der Waals surface area contributed by atoms with E-state index in [0.29, 0.717) is 11.4 Å². The molecule has 2 aliphatic rings. The van der Waals surface area contributed by atoms with Crippen molar-refractivity contribution in [2.24, 2.45) is 10.8 Å². The second kappa shape index (κ2) is 8.18. The zero-order valence-electron chi connectivity index (χ0n) is 17.0. The number of nitrogens with one attached hydrogen (secondary N) is 2. The predicted octanol–water partition coefficient (Wildman–Crippen LogP) is 1.78. The van der Waals surface area contributed by atoms with Gasteiger partial charge in [-0.1, -0.05) is 5.10 Å². The Morgan fingerprint density at radius 1 is 1.43 bits per heavy atom. The number of rotatable bonds is 6. The Labute approximate surface area is 175 Å². The molecule has 3 heterocycles. The van der Waals surface area contributed by atoms with Crippen molar-refractivity contribution >= 4 is 23.0 Å². The zero-order chi connectivity index (χ0) is 21.1. The van der Waals surface area contributed by atoms with Gasteiger partial charge in [-0.25, -0.2) is 9.50 Å². The van der Waals surface area contributed by atoms with Gasteiger partial charge in [-0.05, 0) is 31.2 Å². The normalized spacial score (nSPS) is 26.1. The second-order valence-corrected chi connectivity index (χ2v) is 7.77. The van der Waals surface area contributed by atoms with Gasteiger partial charge in [0.05, 0.1) is 35.4 Å². The summed E-state index contributed by atoms with van der Waals surface area (Å²) in [6.45, 7) is 0.274. The van der Waals surface area contributed by atoms with Gasteiger partial charge < -0.3 is 11.1 Å². The molecular weight excluding hydrogens is 378 g/mol. The number of hydrogen-bond donors (Lipinski definition) is 3. The van der Waals surface area contributed by atoms with E-state index in [1.165, 1.54) is 0 Å². The smallest absolute Gasteiger partial charge is 0.195 e. The molecule has 1 saturated carbocycles. The lowest BCUT2D eigenvalue weighted by molar-refractivity contribution is -0.903. The number of nitriles is 1. The number of nitrogens with zero attached hydrogens (tertiary/aromatic N) is 6. The Bertz CT molecular complexity index is 1080. The number of hydrogen-bond acceptors (Lipinski definition) is 7. The Morgan fingerprint density at radius 3 is 2.97 bits per heavy atom. The first-order valence-electron chi connectivity index (χ1n) is 10.1. The summed E-state index contributed by atoms with van der Waals surface area (Å²) in [6, 6.07) is 4.68. The summed E-state index contributed by atoms with van der Waals surface area (Å²) in [5.41, 5.74) is 9.26. The van der Waals surface area contributed by atoms with Gasteiger partial charge in [0.15, 0.2) is 6.54 Å². The Balaban J connectivity index is 1.75. The van der Waals surface area contributed by atoms with Crippen LogP contribution in [0.25, 0.3) is 11.1 Å². The molecule has 0 radical (unpaired) electrons. The molecule has 0 amide bonds. The van der Waals surface area contributed by atoms with Crippen LogP contribution in [0.4, 0.5) is 0 Å². The lowest BCUT2D eigenvalue weighted by Crippen LogP contribution is -2.49. The highest BCUT2D eigenvalue weighted by atomic mass is 15.6. The monoisotopic (exact) mass is 404 g/mol. The molecular formula is C21H26N9+. The SMILES string of the molecule is CN/C=C\C(=N)c1cn2nccc2c(C2=C[N+](CC#N)([C@H]3CC[C@@H](N)CC3)N=C2)n1. The van der Waals surface area contributed by atoms with Crippen LogP contribution in [0, 0.1) is 16.7 Å². The van der Waals surface area contributed by atoms with Crippen molar-refractivity contribution in [3.63, 3.8) is 0 Å². The van der Waals surface area contributed by atoms with Crippen LogP contribution >= 0.6 is 0 Å². The van der Waals surface area contributed by atoms with Crippen LogP contribution in [0.2, 0.25) is 0 Å². The zero-order valence-corrected chi connectivity index (χ0v) is 17.0. The van der Waals surface area contributed by atoms with Crippen LogP contribution in [-0.2, 0) is 0 Å². The van der Waals surface area contributed by atoms with Gasteiger partial charge in [0.25, 0.3) is 0 Å². The van der Waals surface area contributed by atoms with E-state index in [4.69, 9.17) is 21.2 Å². The molecule has 4 N–H and O–H groups in total. The van der Waals surface area contributed by atoms with Crippen molar-refractivity contribution in [3.05, 3.63) is 48.3 Å². The highest BCUT2D eigenvalue weighted by Crippen LogP contribution is 2.35. The standard InChI is InChI=1S/C21H26N9/c1-25-9-6-18(24)19-13-29-20(7-10-26-29)21(28-19)15-12-27-30(14-15,11-8-22)17-4-2-16(23)3-5-17/h6-7,9-10,12-14,16-17,24-25H,2-5,11,23H2,1H3/q+1/b9-6-,24-18?/t16-,17+,30?. The molecule has 9 nitrogen and oxygen atoms in total. The summed E-state index contributed by atoms with van der Waals surface area (Å²) in [6.07, 6.45) is 14.4. The fourth-order valence-corrected chi connectivity index (χ4v) is 4.20. The summed E-state index contributed by atoms with van der Waals surface area (Å²) in [7, 11) is 1.78. The average molecular weight is 405 g/mol. The maximum absolute atomic E-state index is 9.50. The molecule has 1 aliphatic carbocycles. The van der Waals surface area contributed by atoms with Gasteiger partial charge in [-0.2, -0.15) is 15.0 Å². The van der Waals surface area contributed by atoms with E-state index in [1.807, 2.05) is 12.3 Å². The fourth-order valence-electron chi connectivity index (χ4n) is 4.20. The molecule has 1 atom stereocenters. The second-order valence-electron chi connectivity index (χ2n) is 7.77. The minimum atomic E-state index is 0.235. The molecule has 2 aromatic heterocycles. The molecule has 0 aromatic carbocycles. The lowest BCUT2D eigenvalue weighted by atomic mass is 9.90. The molecule has 1 unspecified atom stereocenters. The molecule has 30 heavy (non-hydrogen) atoms. The Hall–Kier alpha value is -3.35. The van der Waals surface area contributed by atoms with Crippen LogP contribution in [0.5, 0.6) is 0 Å². The minimum Gasteiger partial charge on any atom is -0.394 e. The van der Waals surface area contributed by atoms with E-state index in [9.17, 15) is 5.26 Å². The fraction of sp³-hybridized carbons (Fsp3) is 0.381. The van der Waals surface area contributed by atoms with Gasteiger partial charge in [0, 0.05) is 25.9 Å². The number of aromatic nitrogens is 3. The van der Waals surface area contributed by atoms with E-state index in [1.54, 1.807) is 42.4 Å². The molecule has 1 aliphatic heterocycles. The van der Waals surface area contributed by atoms with Crippen LogP contribution in [-0.4, -0.2) is 56.8 Å². The van der Waals surface area contributed by atoms with E-state index in [0.717, 1.165) is 36.8 Å². The molecule has 1 fully saturated rings. The maximum atomic E-state index is 9.50. The van der Waals surface area contributed by atoms with Crippen molar-refractivity contribution in [1.82, 2.24) is 19.9 Å². The topological polar surface area (TPSA) is 128 Å². The first kappa shape index (κ1) is 19.9.